The Kier molecular flexibility index (Phi) is 2.40. The van der Waals surface area contributed by atoms with Crippen molar-refractivity contribution >= 4 is 34.2 Å². The highest BCUT2D eigenvalue weighted by Gasteiger charge is 2.29. The summed E-state index contributed by atoms with van der Waals surface area (Å²) in [6, 6.07) is 4.22. The van der Waals surface area contributed by atoms with Gasteiger partial charge in [-0.2, -0.15) is 8.78 Å². The molecule has 5 heteroatoms. The van der Waals surface area contributed by atoms with E-state index in [0.717, 1.165) is 6.92 Å². The maximum Gasteiger partial charge on any atom is 0.301 e. The molecular weight excluding hydrogens is 245 g/mol. The molecule has 1 heterocycles. The average Bonchev–Trinajstić information content (AvgIpc) is 2.46. The van der Waals surface area contributed by atoms with Gasteiger partial charge in [-0.1, -0.05) is 23.2 Å². The minimum absolute atomic E-state index is 0.230. The molecule has 0 saturated heterocycles. The zero-order valence-corrected chi connectivity index (χ0v) is 9.16. The summed E-state index contributed by atoms with van der Waals surface area (Å²) >= 11 is 11.5. The number of hydrogen-bond donors (Lipinski definition) is 0. The van der Waals surface area contributed by atoms with Gasteiger partial charge in [-0.05, 0) is 18.2 Å². The lowest BCUT2D eigenvalue weighted by molar-refractivity contribution is -0.00381. The first kappa shape index (κ1) is 10.7. The Morgan fingerprint density at radius 2 is 1.87 bits per heavy atom. The van der Waals surface area contributed by atoms with Crippen LogP contribution >= 0.6 is 23.2 Å². The molecule has 0 aliphatic heterocycles. The second-order valence-electron chi connectivity index (χ2n) is 3.30. The van der Waals surface area contributed by atoms with Crippen LogP contribution in [0.4, 0.5) is 8.78 Å². The van der Waals surface area contributed by atoms with E-state index < -0.39 is 11.7 Å². The van der Waals surface area contributed by atoms with Gasteiger partial charge in [-0.25, -0.2) is 0 Å². The predicted octanol–water partition coefficient (Wildman–Crippen LogP) is 4.85. The lowest BCUT2D eigenvalue weighted by Crippen LogP contribution is -2.04. The van der Waals surface area contributed by atoms with Gasteiger partial charge >= 0.3 is 5.92 Å². The van der Waals surface area contributed by atoms with E-state index in [4.69, 9.17) is 27.6 Å². The van der Waals surface area contributed by atoms with Crippen molar-refractivity contribution in [2.24, 2.45) is 0 Å². The topological polar surface area (TPSA) is 13.1 Å². The second-order valence-corrected chi connectivity index (χ2v) is 4.15. The van der Waals surface area contributed by atoms with Crippen LogP contribution in [0.2, 0.25) is 10.0 Å². The maximum absolute atomic E-state index is 13.0. The molecule has 0 fully saturated rings. The molecule has 0 unspecified atom stereocenters. The maximum atomic E-state index is 13.0. The van der Waals surface area contributed by atoms with Crippen LogP contribution in [0.3, 0.4) is 0 Å². The van der Waals surface area contributed by atoms with Gasteiger partial charge in [-0.15, -0.1) is 0 Å². The summed E-state index contributed by atoms with van der Waals surface area (Å²) in [4.78, 5) is 0. The predicted molar refractivity (Wildman–Crippen MR) is 55.8 cm³/mol. The highest BCUT2D eigenvalue weighted by atomic mass is 35.5. The Labute approximate surface area is 94.6 Å². The van der Waals surface area contributed by atoms with Gasteiger partial charge in [-0.3, -0.25) is 0 Å². The molecule has 0 bridgehead atoms. The Hall–Kier alpha value is -0.800. The smallest absolute Gasteiger partial charge is 0.301 e. The summed E-state index contributed by atoms with van der Waals surface area (Å²) in [6.07, 6.45) is 0. The lowest BCUT2D eigenvalue weighted by Gasteiger charge is -2.04. The van der Waals surface area contributed by atoms with Crippen molar-refractivity contribution in [2.75, 3.05) is 0 Å². The number of fused-ring (bicyclic) bond motifs is 1. The molecule has 0 radical (unpaired) electrons. The van der Waals surface area contributed by atoms with Gasteiger partial charge in [0.05, 0.1) is 5.02 Å². The Morgan fingerprint density at radius 3 is 2.47 bits per heavy atom. The number of halogens is 4. The van der Waals surface area contributed by atoms with Crippen LogP contribution in [0.15, 0.2) is 22.6 Å². The average molecular weight is 251 g/mol. The fourth-order valence-corrected chi connectivity index (χ4v) is 1.84. The molecule has 0 aliphatic rings. The lowest BCUT2D eigenvalue weighted by atomic mass is 10.2. The summed E-state index contributed by atoms with van der Waals surface area (Å²) in [5, 5.41) is 1.09. The van der Waals surface area contributed by atoms with Crippen LogP contribution in [-0.2, 0) is 5.92 Å². The number of hydrogen-bond acceptors (Lipinski definition) is 1. The normalized spacial score (nSPS) is 12.3. The van der Waals surface area contributed by atoms with E-state index in [-0.39, 0.29) is 10.6 Å². The third kappa shape index (κ3) is 1.94. The first-order chi connectivity index (χ1) is 6.88. The molecule has 0 spiro atoms. The molecule has 0 atom stereocenters. The molecule has 2 rings (SSSR count). The molecule has 1 aromatic heterocycles. The number of alkyl halides is 2. The van der Waals surface area contributed by atoms with E-state index in [1.165, 1.54) is 18.2 Å². The van der Waals surface area contributed by atoms with Crippen LogP contribution in [0.1, 0.15) is 12.7 Å². The number of benzene rings is 1. The van der Waals surface area contributed by atoms with Crippen molar-refractivity contribution in [1.82, 2.24) is 0 Å². The quantitative estimate of drug-likeness (QED) is 0.705. The van der Waals surface area contributed by atoms with Crippen molar-refractivity contribution in [2.45, 2.75) is 12.8 Å². The fraction of sp³-hybridized carbons (Fsp3) is 0.200. The van der Waals surface area contributed by atoms with Crippen LogP contribution in [0.25, 0.3) is 11.0 Å². The van der Waals surface area contributed by atoms with Crippen LogP contribution < -0.4 is 0 Å². The molecule has 0 aliphatic carbocycles. The van der Waals surface area contributed by atoms with E-state index >= 15 is 0 Å². The van der Waals surface area contributed by atoms with Gasteiger partial charge in [0.15, 0.2) is 11.3 Å². The molecule has 0 amide bonds. The van der Waals surface area contributed by atoms with Crippen molar-refractivity contribution in [3.8, 4) is 0 Å². The standard InChI is InChI=1S/C10H6Cl2F2O/c1-10(13,14)8-3-5-2-6(11)4-7(12)9(5)15-8/h2-4H,1H3. The Bertz CT molecular complexity index is 514. The zero-order chi connectivity index (χ0) is 11.2. The summed E-state index contributed by atoms with van der Waals surface area (Å²) in [5.41, 5.74) is 0.234. The van der Waals surface area contributed by atoms with Gasteiger partial charge in [0.25, 0.3) is 0 Å². The molecule has 1 nitrogen and oxygen atoms in total. The van der Waals surface area contributed by atoms with Crippen molar-refractivity contribution in [1.29, 1.82) is 0 Å². The largest absolute Gasteiger partial charge is 0.453 e. The summed E-state index contributed by atoms with van der Waals surface area (Å²) in [5.74, 6) is -3.43. The summed E-state index contributed by atoms with van der Waals surface area (Å²) in [6.45, 7) is 0.764. The second kappa shape index (κ2) is 3.35. The zero-order valence-electron chi connectivity index (χ0n) is 7.65. The minimum Gasteiger partial charge on any atom is -0.453 e. The van der Waals surface area contributed by atoms with E-state index in [9.17, 15) is 8.78 Å². The molecule has 0 saturated carbocycles. The summed E-state index contributed by atoms with van der Waals surface area (Å²) in [7, 11) is 0. The van der Waals surface area contributed by atoms with Crippen LogP contribution in [0, 0.1) is 0 Å². The minimum atomic E-state index is -3.02. The van der Waals surface area contributed by atoms with Gasteiger partial charge < -0.3 is 4.42 Å². The van der Waals surface area contributed by atoms with Crippen molar-refractivity contribution in [3.05, 3.63) is 34.0 Å². The van der Waals surface area contributed by atoms with E-state index in [1.807, 2.05) is 0 Å². The Morgan fingerprint density at radius 1 is 1.20 bits per heavy atom. The van der Waals surface area contributed by atoms with E-state index in [1.54, 1.807) is 0 Å². The van der Waals surface area contributed by atoms with E-state index in [0.29, 0.717) is 10.4 Å². The first-order valence-electron chi connectivity index (χ1n) is 4.15. The molecular formula is C10H6Cl2F2O. The molecule has 2 aromatic rings. The third-order valence-corrected chi connectivity index (χ3v) is 2.47. The number of rotatable bonds is 1. The Balaban J connectivity index is 2.71. The molecule has 1 aromatic carbocycles. The first-order valence-corrected chi connectivity index (χ1v) is 4.90. The van der Waals surface area contributed by atoms with Crippen LogP contribution in [-0.4, -0.2) is 0 Å². The van der Waals surface area contributed by atoms with Crippen molar-refractivity contribution < 1.29 is 13.2 Å². The van der Waals surface area contributed by atoms with Gasteiger partial charge in [0.2, 0.25) is 0 Å². The molecule has 0 N–H and O–H groups in total. The fourth-order valence-electron chi connectivity index (χ4n) is 1.29. The van der Waals surface area contributed by atoms with Crippen LogP contribution in [0.5, 0.6) is 0 Å². The van der Waals surface area contributed by atoms with Gasteiger partial charge in [0.1, 0.15) is 0 Å². The number of furan rings is 1. The molecule has 80 valence electrons. The monoisotopic (exact) mass is 250 g/mol. The molecule has 15 heavy (non-hydrogen) atoms. The SMILES string of the molecule is CC(F)(F)c1cc2cc(Cl)cc(Cl)c2o1. The highest BCUT2D eigenvalue weighted by Crippen LogP contribution is 2.36. The third-order valence-electron chi connectivity index (χ3n) is 1.97. The van der Waals surface area contributed by atoms with E-state index in [2.05, 4.69) is 0 Å². The summed E-state index contributed by atoms with van der Waals surface area (Å²) < 4.78 is 30.9. The van der Waals surface area contributed by atoms with Crippen molar-refractivity contribution in [3.63, 3.8) is 0 Å². The van der Waals surface area contributed by atoms with Gasteiger partial charge in [0, 0.05) is 17.3 Å². The highest BCUT2D eigenvalue weighted by molar-refractivity contribution is 6.38.